The van der Waals surface area contributed by atoms with E-state index in [1.54, 1.807) is 4.90 Å². The lowest BCUT2D eigenvalue weighted by Crippen LogP contribution is -2.40. The van der Waals surface area contributed by atoms with E-state index in [1.807, 2.05) is 24.3 Å². The van der Waals surface area contributed by atoms with Crippen molar-refractivity contribution >= 4 is 5.91 Å². The second-order valence-electron chi connectivity index (χ2n) is 4.39. The summed E-state index contributed by atoms with van der Waals surface area (Å²) in [4.78, 5) is 13.8. The van der Waals surface area contributed by atoms with E-state index in [0.29, 0.717) is 43.6 Å². The summed E-state index contributed by atoms with van der Waals surface area (Å²) in [6.45, 7) is 2.72. The van der Waals surface area contributed by atoms with E-state index in [4.69, 9.17) is 14.2 Å². The lowest BCUT2D eigenvalue weighted by Gasteiger charge is -2.26. The van der Waals surface area contributed by atoms with Gasteiger partial charge >= 0.3 is 0 Å². The highest BCUT2D eigenvalue weighted by molar-refractivity contribution is 5.88. The average Bonchev–Trinajstić information content (AvgIpc) is 2.48. The SMILES string of the molecule is O=C(/C=C1\COc2ccccc2O1)N1CCOCC1. The first-order valence-electron chi connectivity index (χ1n) is 6.30. The van der Waals surface area contributed by atoms with Crippen LogP contribution in [0.25, 0.3) is 0 Å². The number of amides is 1. The number of nitrogens with zero attached hydrogens (tertiary/aromatic N) is 1. The fraction of sp³-hybridized carbons (Fsp3) is 0.357. The lowest BCUT2D eigenvalue weighted by atomic mass is 10.3. The van der Waals surface area contributed by atoms with Crippen LogP contribution < -0.4 is 9.47 Å². The molecule has 1 aromatic rings. The van der Waals surface area contributed by atoms with Crippen LogP contribution in [-0.4, -0.2) is 43.7 Å². The van der Waals surface area contributed by atoms with Crippen LogP contribution in [0.4, 0.5) is 0 Å². The number of hydrogen-bond donors (Lipinski definition) is 0. The Morgan fingerprint density at radius 3 is 2.68 bits per heavy atom. The molecule has 0 radical (unpaired) electrons. The van der Waals surface area contributed by atoms with Gasteiger partial charge in [0.15, 0.2) is 11.5 Å². The van der Waals surface area contributed by atoms with Crippen LogP contribution in [0.15, 0.2) is 36.1 Å². The van der Waals surface area contributed by atoms with Gasteiger partial charge < -0.3 is 19.1 Å². The predicted octanol–water partition coefficient (Wildman–Crippen LogP) is 1.20. The van der Waals surface area contributed by atoms with Crippen LogP contribution in [0.1, 0.15) is 0 Å². The van der Waals surface area contributed by atoms with Gasteiger partial charge in [-0.2, -0.15) is 0 Å². The maximum Gasteiger partial charge on any atom is 0.250 e. The molecule has 2 heterocycles. The van der Waals surface area contributed by atoms with Gasteiger partial charge in [0.1, 0.15) is 12.4 Å². The van der Waals surface area contributed by atoms with Crippen molar-refractivity contribution in [2.45, 2.75) is 0 Å². The van der Waals surface area contributed by atoms with Gasteiger partial charge in [-0.1, -0.05) is 12.1 Å². The molecule has 5 nitrogen and oxygen atoms in total. The first kappa shape index (κ1) is 12.0. The second kappa shape index (κ2) is 5.32. The van der Waals surface area contributed by atoms with Gasteiger partial charge in [0.2, 0.25) is 5.91 Å². The second-order valence-corrected chi connectivity index (χ2v) is 4.39. The molecule has 0 atom stereocenters. The lowest BCUT2D eigenvalue weighted by molar-refractivity contribution is -0.130. The normalized spacial score (nSPS) is 20.4. The Kier molecular flexibility index (Phi) is 3.37. The highest BCUT2D eigenvalue weighted by atomic mass is 16.6. The van der Waals surface area contributed by atoms with Gasteiger partial charge in [-0.25, -0.2) is 0 Å². The third kappa shape index (κ3) is 2.71. The van der Waals surface area contributed by atoms with Crippen molar-refractivity contribution in [3.8, 4) is 11.5 Å². The summed E-state index contributed by atoms with van der Waals surface area (Å²) < 4.78 is 16.4. The first-order valence-corrected chi connectivity index (χ1v) is 6.30. The van der Waals surface area contributed by atoms with E-state index >= 15 is 0 Å². The summed E-state index contributed by atoms with van der Waals surface area (Å²) in [5.74, 6) is 1.84. The minimum absolute atomic E-state index is 0.0544. The van der Waals surface area contributed by atoms with Crippen molar-refractivity contribution in [3.63, 3.8) is 0 Å². The van der Waals surface area contributed by atoms with Crippen LogP contribution >= 0.6 is 0 Å². The van der Waals surface area contributed by atoms with Crippen molar-refractivity contribution in [2.75, 3.05) is 32.9 Å². The molecule has 19 heavy (non-hydrogen) atoms. The van der Waals surface area contributed by atoms with Crippen molar-refractivity contribution in [1.29, 1.82) is 0 Å². The molecule has 0 aromatic heterocycles. The molecule has 1 fully saturated rings. The zero-order chi connectivity index (χ0) is 13.1. The fourth-order valence-corrected chi connectivity index (χ4v) is 2.06. The molecule has 0 unspecified atom stereocenters. The molecule has 2 aliphatic rings. The largest absolute Gasteiger partial charge is 0.482 e. The maximum atomic E-state index is 12.0. The summed E-state index contributed by atoms with van der Waals surface area (Å²) in [5, 5.41) is 0. The number of benzene rings is 1. The third-order valence-electron chi connectivity index (χ3n) is 3.07. The van der Waals surface area contributed by atoms with Crippen LogP contribution in [0.5, 0.6) is 11.5 Å². The molecule has 0 spiro atoms. The zero-order valence-electron chi connectivity index (χ0n) is 10.5. The first-order chi connectivity index (χ1) is 9.33. The van der Waals surface area contributed by atoms with Gasteiger partial charge in [0, 0.05) is 19.2 Å². The third-order valence-corrected chi connectivity index (χ3v) is 3.07. The predicted molar refractivity (Wildman–Crippen MR) is 68.0 cm³/mol. The molecule has 0 saturated carbocycles. The number of carbonyl (C=O) groups excluding carboxylic acids is 1. The molecule has 1 saturated heterocycles. The van der Waals surface area contributed by atoms with E-state index in [2.05, 4.69) is 0 Å². The summed E-state index contributed by atoms with van der Waals surface area (Å²) >= 11 is 0. The van der Waals surface area contributed by atoms with E-state index in [0.717, 1.165) is 0 Å². The Balaban J connectivity index is 1.70. The van der Waals surface area contributed by atoms with Crippen LogP contribution in [-0.2, 0) is 9.53 Å². The molecule has 0 bridgehead atoms. The van der Waals surface area contributed by atoms with Crippen LogP contribution in [0.2, 0.25) is 0 Å². The quantitative estimate of drug-likeness (QED) is 0.713. The van der Waals surface area contributed by atoms with E-state index in [9.17, 15) is 4.79 Å². The fourth-order valence-electron chi connectivity index (χ4n) is 2.06. The number of carbonyl (C=O) groups is 1. The molecule has 2 aliphatic heterocycles. The summed E-state index contributed by atoms with van der Waals surface area (Å²) in [6.07, 6.45) is 1.50. The van der Waals surface area contributed by atoms with Gasteiger partial charge in [-0.3, -0.25) is 4.79 Å². The van der Waals surface area contributed by atoms with Gasteiger partial charge in [0.25, 0.3) is 0 Å². The number of morpholine rings is 1. The Morgan fingerprint density at radius 1 is 1.16 bits per heavy atom. The molecule has 0 aliphatic carbocycles. The van der Waals surface area contributed by atoms with Crippen molar-refractivity contribution in [3.05, 3.63) is 36.1 Å². The summed E-state index contributed by atoms with van der Waals surface area (Å²) in [5.41, 5.74) is 0. The number of hydrogen-bond acceptors (Lipinski definition) is 4. The Labute approximate surface area is 111 Å². The summed E-state index contributed by atoms with van der Waals surface area (Å²) in [6, 6.07) is 7.42. The smallest absolute Gasteiger partial charge is 0.250 e. The number of ether oxygens (including phenoxy) is 3. The number of para-hydroxylation sites is 2. The minimum Gasteiger partial charge on any atom is -0.482 e. The Morgan fingerprint density at radius 2 is 1.89 bits per heavy atom. The molecule has 1 aromatic carbocycles. The maximum absolute atomic E-state index is 12.0. The van der Waals surface area contributed by atoms with Gasteiger partial charge in [-0.05, 0) is 12.1 Å². The Hall–Kier alpha value is -2.01. The average molecular weight is 261 g/mol. The van der Waals surface area contributed by atoms with Crippen LogP contribution in [0, 0.1) is 0 Å². The summed E-state index contributed by atoms with van der Waals surface area (Å²) in [7, 11) is 0. The molecule has 1 amide bonds. The highest BCUT2D eigenvalue weighted by Crippen LogP contribution is 2.31. The number of rotatable bonds is 1. The van der Waals surface area contributed by atoms with Gasteiger partial charge in [-0.15, -0.1) is 0 Å². The van der Waals surface area contributed by atoms with Crippen molar-refractivity contribution in [2.24, 2.45) is 0 Å². The van der Waals surface area contributed by atoms with E-state index < -0.39 is 0 Å². The van der Waals surface area contributed by atoms with Crippen LogP contribution in [0.3, 0.4) is 0 Å². The van der Waals surface area contributed by atoms with E-state index in [-0.39, 0.29) is 12.5 Å². The molecule has 5 heteroatoms. The highest BCUT2D eigenvalue weighted by Gasteiger charge is 2.19. The van der Waals surface area contributed by atoms with Crippen molar-refractivity contribution in [1.82, 2.24) is 4.90 Å². The number of fused-ring (bicyclic) bond motifs is 1. The zero-order valence-corrected chi connectivity index (χ0v) is 10.5. The molecule has 0 N–H and O–H groups in total. The minimum atomic E-state index is -0.0544. The van der Waals surface area contributed by atoms with Crippen molar-refractivity contribution < 1.29 is 19.0 Å². The van der Waals surface area contributed by atoms with Gasteiger partial charge in [0.05, 0.1) is 13.2 Å². The molecule has 3 rings (SSSR count). The standard InChI is InChI=1S/C14H15NO4/c16-14(15-5-7-17-8-6-15)9-11-10-18-12-3-1-2-4-13(12)19-11/h1-4,9H,5-8,10H2/b11-9+. The monoisotopic (exact) mass is 261 g/mol. The molecule has 100 valence electrons. The topological polar surface area (TPSA) is 48.0 Å². The molecular formula is C14H15NO4. The van der Waals surface area contributed by atoms with E-state index in [1.165, 1.54) is 6.08 Å². The Bertz CT molecular complexity index is 506. The molecular weight excluding hydrogens is 246 g/mol.